The van der Waals surface area contributed by atoms with Crippen LogP contribution in [0, 0.1) is 0 Å². The van der Waals surface area contributed by atoms with Crippen molar-refractivity contribution in [2.45, 2.75) is 18.0 Å². The van der Waals surface area contributed by atoms with E-state index in [0.717, 1.165) is 11.3 Å². The fraction of sp³-hybridized carbons (Fsp3) is 0.231. The number of hydrogen-bond donors (Lipinski definition) is 2. The van der Waals surface area contributed by atoms with E-state index in [0.29, 0.717) is 5.02 Å². The van der Waals surface area contributed by atoms with Gasteiger partial charge in [0.2, 0.25) is 10.0 Å². The Morgan fingerprint density at radius 2 is 2.05 bits per heavy atom. The van der Waals surface area contributed by atoms with Crippen molar-refractivity contribution in [3.63, 3.8) is 0 Å². The zero-order valence-electron chi connectivity index (χ0n) is 11.0. The molecule has 2 aromatic rings. The highest BCUT2D eigenvalue weighted by atomic mass is 35.5. The molecule has 7 heteroatoms. The summed E-state index contributed by atoms with van der Waals surface area (Å²) < 4.78 is 28.6. The van der Waals surface area contributed by atoms with E-state index in [-0.39, 0.29) is 18.0 Å². The Bertz CT molecular complexity index is 710. The van der Waals surface area contributed by atoms with Crippen LogP contribution in [0.5, 0.6) is 0 Å². The maximum Gasteiger partial charge on any atom is 0.242 e. The molecule has 0 radical (unpaired) electrons. The van der Waals surface area contributed by atoms with Crippen LogP contribution in [0.2, 0.25) is 5.02 Å². The maximum atomic E-state index is 12.2. The van der Waals surface area contributed by atoms with Gasteiger partial charge < -0.3 is 10.3 Å². The molecule has 0 saturated heterocycles. The van der Waals surface area contributed by atoms with Gasteiger partial charge in [0, 0.05) is 37.1 Å². The van der Waals surface area contributed by atoms with Crippen molar-refractivity contribution < 1.29 is 8.42 Å². The molecule has 1 aromatic heterocycles. The fourth-order valence-corrected chi connectivity index (χ4v) is 3.13. The summed E-state index contributed by atoms with van der Waals surface area (Å²) in [6, 6.07) is 8.67. The van der Waals surface area contributed by atoms with Crippen molar-refractivity contribution in [3.05, 3.63) is 52.8 Å². The summed E-state index contributed by atoms with van der Waals surface area (Å²) in [5.74, 6) is 0. The zero-order chi connectivity index (χ0) is 14.8. The van der Waals surface area contributed by atoms with Crippen LogP contribution >= 0.6 is 11.6 Å². The van der Waals surface area contributed by atoms with Gasteiger partial charge in [0.25, 0.3) is 0 Å². The summed E-state index contributed by atoms with van der Waals surface area (Å²) in [7, 11) is -1.81. The Balaban J connectivity index is 2.17. The number of nitrogens with two attached hydrogens (primary N) is 1. The fourth-order valence-electron chi connectivity index (χ4n) is 1.82. The average molecular weight is 314 g/mol. The molecule has 0 amide bonds. The first kappa shape index (κ1) is 15.1. The first-order chi connectivity index (χ1) is 9.44. The van der Waals surface area contributed by atoms with Gasteiger partial charge in [0.15, 0.2) is 0 Å². The van der Waals surface area contributed by atoms with E-state index in [2.05, 4.69) is 4.72 Å². The number of aromatic nitrogens is 1. The number of rotatable bonds is 5. The van der Waals surface area contributed by atoms with Gasteiger partial charge in [0.05, 0.1) is 4.90 Å². The molecule has 0 aliphatic carbocycles. The Labute approximate surface area is 123 Å². The van der Waals surface area contributed by atoms with E-state index in [1.54, 1.807) is 35.9 Å². The third-order valence-electron chi connectivity index (χ3n) is 3.01. The molecule has 3 N–H and O–H groups in total. The van der Waals surface area contributed by atoms with Crippen LogP contribution in [0.15, 0.2) is 41.4 Å². The number of benzene rings is 1. The molecule has 0 unspecified atom stereocenters. The second-order valence-corrected chi connectivity index (χ2v) is 6.57. The lowest BCUT2D eigenvalue weighted by Gasteiger charge is -2.06. The lowest BCUT2D eigenvalue weighted by atomic mass is 10.2. The van der Waals surface area contributed by atoms with Gasteiger partial charge in [-0.1, -0.05) is 29.8 Å². The summed E-state index contributed by atoms with van der Waals surface area (Å²) in [6.07, 6.45) is 1.54. The lowest BCUT2D eigenvalue weighted by Crippen LogP contribution is -2.23. The van der Waals surface area contributed by atoms with Gasteiger partial charge >= 0.3 is 0 Å². The highest BCUT2D eigenvalue weighted by Crippen LogP contribution is 2.17. The highest BCUT2D eigenvalue weighted by Gasteiger charge is 2.17. The summed E-state index contributed by atoms with van der Waals surface area (Å²) in [4.78, 5) is 0.201. The molecule has 20 heavy (non-hydrogen) atoms. The normalized spacial score (nSPS) is 11.8. The van der Waals surface area contributed by atoms with Crippen LogP contribution in [-0.4, -0.2) is 13.0 Å². The van der Waals surface area contributed by atoms with E-state index in [1.165, 1.54) is 6.20 Å². The van der Waals surface area contributed by atoms with Crippen molar-refractivity contribution >= 4 is 21.6 Å². The molecule has 0 atom stereocenters. The third-order valence-corrected chi connectivity index (χ3v) is 4.75. The number of halogens is 1. The van der Waals surface area contributed by atoms with Crippen molar-refractivity contribution in [3.8, 4) is 0 Å². The van der Waals surface area contributed by atoms with E-state index >= 15 is 0 Å². The highest BCUT2D eigenvalue weighted by molar-refractivity contribution is 7.89. The topological polar surface area (TPSA) is 77.1 Å². The van der Waals surface area contributed by atoms with Crippen LogP contribution in [0.25, 0.3) is 0 Å². The Morgan fingerprint density at radius 3 is 2.65 bits per heavy atom. The summed E-state index contributed by atoms with van der Waals surface area (Å²) in [5.41, 5.74) is 7.02. The minimum atomic E-state index is -3.57. The van der Waals surface area contributed by atoms with Crippen LogP contribution in [-0.2, 0) is 30.2 Å². The lowest BCUT2D eigenvalue weighted by molar-refractivity contribution is 0.581. The Hall–Kier alpha value is -1.34. The van der Waals surface area contributed by atoms with Gasteiger partial charge in [-0.15, -0.1) is 0 Å². The molecule has 0 aliphatic heterocycles. The molecule has 108 valence electrons. The smallest absolute Gasteiger partial charge is 0.242 e. The first-order valence-electron chi connectivity index (χ1n) is 6.02. The summed E-state index contributed by atoms with van der Waals surface area (Å²) in [6.45, 7) is 0.436. The second kappa shape index (κ2) is 5.97. The van der Waals surface area contributed by atoms with Crippen molar-refractivity contribution in [1.82, 2.24) is 9.29 Å². The van der Waals surface area contributed by atoms with Crippen molar-refractivity contribution in [2.24, 2.45) is 12.8 Å². The molecule has 1 aromatic carbocycles. The number of sulfonamides is 1. The number of aryl methyl sites for hydroxylation is 1. The second-order valence-electron chi connectivity index (χ2n) is 4.40. The molecule has 0 fully saturated rings. The molecule has 0 spiro atoms. The van der Waals surface area contributed by atoms with Gasteiger partial charge in [-0.05, 0) is 17.7 Å². The van der Waals surface area contributed by atoms with Crippen LogP contribution in [0.1, 0.15) is 11.3 Å². The molecule has 0 aliphatic rings. The minimum absolute atomic E-state index is 0.148. The zero-order valence-corrected chi connectivity index (χ0v) is 12.6. The van der Waals surface area contributed by atoms with Gasteiger partial charge in [0.1, 0.15) is 0 Å². The van der Waals surface area contributed by atoms with E-state index in [4.69, 9.17) is 17.3 Å². The predicted octanol–water partition coefficient (Wildman–Crippen LogP) is 1.62. The Morgan fingerprint density at radius 1 is 1.35 bits per heavy atom. The first-order valence-corrected chi connectivity index (χ1v) is 7.88. The van der Waals surface area contributed by atoms with E-state index < -0.39 is 10.0 Å². The van der Waals surface area contributed by atoms with Crippen molar-refractivity contribution in [2.75, 3.05) is 0 Å². The molecular weight excluding hydrogens is 298 g/mol. The van der Waals surface area contributed by atoms with Crippen molar-refractivity contribution in [1.29, 1.82) is 0 Å². The predicted molar refractivity (Wildman–Crippen MR) is 78.8 cm³/mol. The number of nitrogens with zero attached hydrogens (tertiary/aromatic N) is 1. The van der Waals surface area contributed by atoms with Gasteiger partial charge in [-0.2, -0.15) is 0 Å². The monoisotopic (exact) mass is 313 g/mol. The number of hydrogen-bond acceptors (Lipinski definition) is 3. The quantitative estimate of drug-likeness (QED) is 0.880. The Kier molecular flexibility index (Phi) is 4.49. The SMILES string of the molecule is Cn1cc(S(=O)(=O)NCc2ccccc2Cl)cc1CN. The van der Waals surface area contributed by atoms with E-state index in [1.807, 2.05) is 6.07 Å². The van der Waals surface area contributed by atoms with Crippen LogP contribution in [0.4, 0.5) is 0 Å². The standard InChI is InChI=1S/C13H16ClN3O2S/c1-17-9-12(6-11(17)7-15)20(18,19)16-8-10-4-2-3-5-13(10)14/h2-6,9,16H,7-8,15H2,1H3. The summed E-state index contributed by atoms with van der Waals surface area (Å²) in [5, 5.41) is 0.533. The molecule has 0 saturated carbocycles. The van der Waals surface area contributed by atoms with Crippen LogP contribution < -0.4 is 10.5 Å². The third kappa shape index (κ3) is 3.21. The average Bonchev–Trinajstić information content (AvgIpc) is 2.80. The van der Waals surface area contributed by atoms with Crippen LogP contribution in [0.3, 0.4) is 0 Å². The molecule has 2 rings (SSSR count). The molecule has 0 bridgehead atoms. The molecular formula is C13H16ClN3O2S. The number of nitrogens with one attached hydrogen (secondary N) is 1. The van der Waals surface area contributed by atoms with Gasteiger partial charge in [-0.3, -0.25) is 0 Å². The summed E-state index contributed by atoms with van der Waals surface area (Å²) >= 11 is 6.00. The molecule has 1 heterocycles. The minimum Gasteiger partial charge on any atom is -0.352 e. The van der Waals surface area contributed by atoms with Gasteiger partial charge in [-0.25, -0.2) is 13.1 Å². The molecule has 5 nitrogen and oxygen atoms in total. The maximum absolute atomic E-state index is 12.2. The van der Waals surface area contributed by atoms with E-state index in [9.17, 15) is 8.42 Å². The largest absolute Gasteiger partial charge is 0.352 e.